The molecule has 2 rings (SSSR count). The monoisotopic (exact) mass is 487 g/mol. The van der Waals surface area contributed by atoms with Crippen molar-refractivity contribution in [1.82, 2.24) is 20.4 Å². The van der Waals surface area contributed by atoms with E-state index in [0.717, 1.165) is 49.6 Å². The number of nitrogens with one attached hydrogen (secondary N) is 2. The molecule has 1 aromatic carbocycles. The number of aliphatic imine (C=N–C) groups is 1. The van der Waals surface area contributed by atoms with Crippen LogP contribution in [-0.2, 0) is 32.9 Å². The van der Waals surface area contributed by atoms with E-state index in [9.17, 15) is 4.39 Å². The topological polar surface area (TPSA) is 54.2 Å². The number of guanidine groups is 1. The third-order valence-corrected chi connectivity index (χ3v) is 4.39. The predicted molar refractivity (Wildman–Crippen MR) is 120 cm³/mol. The lowest BCUT2D eigenvalue weighted by atomic mass is 10.1. The van der Waals surface area contributed by atoms with Gasteiger partial charge in [-0.25, -0.2) is 9.38 Å². The predicted octanol–water partition coefficient (Wildman–Crippen LogP) is 3.60. The van der Waals surface area contributed by atoms with Crippen LogP contribution < -0.4 is 10.6 Å². The number of aryl methyl sites for hydroxylation is 2. The Kier molecular flexibility index (Phi) is 10.4. The molecule has 0 spiro atoms. The Hall–Kier alpha value is -1.64. The molecule has 0 radical (unpaired) electrons. The zero-order valence-electron chi connectivity index (χ0n) is 16.7. The molecule has 150 valence electrons. The van der Waals surface area contributed by atoms with Crippen LogP contribution in [0.4, 0.5) is 4.39 Å². The van der Waals surface area contributed by atoms with E-state index >= 15 is 0 Å². The number of aromatic nitrogens is 2. The lowest BCUT2D eigenvalue weighted by Crippen LogP contribution is -2.38. The number of nitrogens with zero attached hydrogens (tertiary/aromatic N) is 3. The highest BCUT2D eigenvalue weighted by Crippen LogP contribution is 2.16. The molecule has 7 heteroatoms. The number of hydrogen-bond donors (Lipinski definition) is 2. The zero-order chi connectivity index (χ0) is 18.9. The molecule has 0 aliphatic heterocycles. The number of rotatable bonds is 8. The maximum Gasteiger partial charge on any atom is 0.191 e. The number of halogens is 2. The van der Waals surface area contributed by atoms with Crippen LogP contribution in [0.2, 0.25) is 0 Å². The molecule has 5 nitrogen and oxygen atoms in total. The van der Waals surface area contributed by atoms with E-state index in [0.29, 0.717) is 6.54 Å². The third-order valence-electron chi connectivity index (χ3n) is 4.39. The van der Waals surface area contributed by atoms with Gasteiger partial charge in [0.2, 0.25) is 0 Å². The van der Waals surface area contributed by atoms with Gasteiger partial charge < -0.3 is 10.6 Å². The Morgan fingerprint density at radius 3 is 2.41 bits per heavy atom. The lowest BCUT2D eigenvalue weighted by Gasteiger charge is -2.12. The summed E-state index contributed by atoms with van der Waals surface area (Å²) in [6, 6.07) is 6.63. The van der Waals surface area contributed by atoms with Crippen molar-refractivity contribution < 1.29 is 4.39 Å². The molecule has 0 atom stereocenters. The smallest absolute Gasteiger partial charge is 0.191 e. The fourth-order valence-electron chi connectivity index (χ4n) is 3.05. The summed E-state index contributed by atoms with van der Waals surface area (Å²) in [4.78, 5) is 4.74. The fraction of sp³-hybridized carbons (Fsp3) is 0.500. The normalized spacial score (nSPS) is 11.2. The standard InChI is InChI=1S/C20H30FN5.HI/c1-5-18-17(19(6-2)26(4)25-18)14-24-20(22-7-3)23-13-12-15-8-10-16(21)11-9-15;/h8-11H,5-7,12-14H2,1-4H3,(H2,22,23,24);1H. The molecule has 0 amide bonds. The minimum Gasteiger partial charge on any atom is -0.357 e. The molecule has 0 aliphatic rings. The van der Waals surface area contributed by atoms with Crippen molar-refractivity contribution >= 4 is 29.9 Å². The summed E-state index contributed by atoms with van der Waals surface area (Å²) >= 11 is 0. The van der Waals surface area contributed by atoms with Crippen molar-refractivity contribution in [3.05, 3.63) is 52.6 Å². The Morgan fingerprint density at radius 1 is 1.11 bits per heavy atom. The molecule has 0 saturated carbocycles. The van der Waals surface area contributed by atoms with Crippen LogP contribution in [0.5, 0.6) is 0 Å². The molecule has 0 saturated heterocycles. The van der Waals surface area contributed by atoms with Gasteiger partial charge in [0.05, 0.1) is 12.2 Å². The molecule has 1 heterocycles. The van der Waals surface area contributed by atoms with Gasteiger partial charge in [0.1, 0.15) is 5.82 Å². The van der Waals surface area contributed by atoms with Crippen molar-refractivity contribution in [2.24, 2.45) is 12.0 Å². The molecule has 0 bridgehead atoms. The first-order valence-electron chi connectivity index (χ1n) is 9.39. The van der Waals surface area contributed by atoms with Crippen molar-refractivity contribution in [2.45, 2.75) is 46.6 Å². The molecular weight excluding hydrogens is 456 g/mol. The maximum absolute atomic E-state index is 13.0. The van der Waals surface area contributed by atoms with E-state index in [2.05, 4.69) is 36.5 Å². The van der Waals surface area contributed by atoms with Crippen molar-refractivity contribution in [1.29, 1.82) is 0 Å². The van der Waals surface area contributed by atoms with Crippen LogP contribution in [0.3, 0.4) is 0 Å². The second kappa shape index (κ2) is 11.9. The van der Waals surface area contributed by atoms with E-state index in [1.54, 1.807) is 0 Å². The number of benzene rings is 1. The zero-order valence-corrected chi connectivity index (χ0v) is 19.0. The second-order valence-electron chi connectivity index (χ2n) is 6.20. The maximum atomic E-state index is 13.0. The van der Waals surface area contributed by atoms with Crippen LogP contribution in [0.15, 0.2) is 29.3 Å². The highest BCUT2D eigenvalue weighted by atomic mass is 127. The van der Waals surface area contributed by atoms with Crippen LogP contribution in [0.1, 0.15) is 43.3 Å². The largest absolute Gasteiger partial charge is 0.357 e. The average molecular weight is 487 g/mol. The van der Waals surface area contributed by atoms with Gasteiger partial charge in [-0.15, -0.1) is 24.0 Å². The molecule has 27 heavy (non-hydrogen) atoms. The Bertz CT molecular complexity index is 725. The van der Waals surface area contributed by atoms with Crippen molar-refractivity contribution in [3.8, 4) is 0 Å². The Morgan fingerprint density at radius 2 is 1.81 bits per heavy atom. The van der Waals surface area contributed by atoms with Gasteiger partial charge in [-0.1, -0.05) is 26.0 Å². The number of hydrogen-bond acceptors (Lipinski definition) is 2. The van der Waals surface area contributed by atoms with Gasteiger partial charge in [-0.2, -0.15) is 5.10 Å². The first kappa shape index (κ1) is 23.4. The van der Waals surface area contributed by atoms with Gasteiger partial charge in [-0.3, -0.25) is 4.68 Å². The van der Waals surface area contributed by atoms with Gasteiger partial charge >= 0.3 is 0 Å². The van der Waals surface area contributed by atoms with Crippen LogP contribution >= 0.6 is 24.0 Å². The van der Waals surface area contributed by atoms with E-state index in [4.69, 9.17) is 4.99 Å². The summed E-state index contributed by atoms with van der Waals surface area (Å²) in [7, 11) is 2.00. The molecule has 0 aliphatic carbocycles. The summed E-state index contributed by atoms with van der Waals surface area (Å²) in [5, 5.41) is 11.2. The highest BCUT2D eigenvalue weighted by Gasteiger charge is 2.13. The van der Waals surface area contributed by atoms with Crippen molar-refractivity contribution in [3.63, 3.8) is 0 Å². The van der Waals surface area contributed by atoms with Crippen LogP contribution in [0, 0.1) is 5.82 Å². The minimum absolute atomic E-state index is 0. The molecule has 2 N–H and O–H groups in total. The third kappa shape index (κ3) is 6.79. The summed E-state index contributed by atoms with van der Waals surface area (Å²) in [6.45, 7) is 8.49. The Labute approximate surface area is 178 Å². The summed E-state index contributed by atoms with van der Waals surface area (Å²) in [6.07, 6.45) is 2.67. The van der Waals surface area contributed by atoms with Crippen LogP contribution in [0.25, 0.3) is 0 Å². The molecule has 1 aromatic heterocycles. The van der Waals surface area contributed by atoms with E-state index in [-0.39, 0.29) is 29.8 Å². The fourth-order valence-corrected chi connectivity index (χ4v) is 3.05. The highest BCUT2D eigenvalue weighted by molar-refractivity contribution is 14.0. The van der Waals surface area contributed by atoms with E-state index < -0.39 is 0 Å². The van der Waals surface area contributed by atoms with Gasteiger partial charge in [-0.05, 0) is 43.9 Å². The molecule has 2 aromatic rings. The SMILES string of the molecule is CCNC(=NCc1c(CC)nn(C)c1CC)NCCc1ccc(F)cc1.I. The second-order valence-corrected chi connectivity index (χ2v) is 6.20. The van der Waals surface area contributed by atoms with E-state index in [1.807, 2.05) is 23.9 Å². The summed E-state index contributed by atoms with van der Waals surface area (Å²) < 4.78 is 14.9. The molecule has 0 unspecified atom stereocenters. The summed E-state index contributed by atoms with van der Waals surface area (Å²) in [5.41, 5.74) is 4.69. The first-order valence-corrected chi connectivity index (χ1v) is 9.39. The lowest BCUT2D eigenvalue weighted by molar-refractivity contribution is 0.626. The van der Waals surface area contributed by atoms with Gasteiger partial charge in [0.25, 0.3) is 0 Å². The van der Waals surface area contributed by atoms with E-state index in [1.165, 1.54) is 23.4 Å². The first-order chi connectivity index (χ1) is 12.6. The van der Waals surface area contributed by atoms with Gasteiger partial charge in [0, 0.05) is 31.4 Å². The van der Waals surface area contributed by atoms with Crippen LogP contribution in [-0.4, -0.2) is 28.8 Å². The quantitative estimate of drug-likeness (QED) is 0.340. The van der Waals surface area contributed by atoms with Crippen molar-refractivity contribution in [2.75, 3.05) is 13.1 Å². The molecular formula is C20H31FIN5. The molecule has 0 fully saturated rings. The minimum atomic E-state index is -0.202. The average Bonchev–Trinajstić information content (AvgIpc) is 2.95. The van der Waals surface area contributed by atoms with Gasteiger partial charge in [0.15, 0.2) is 5.96 Å². The summed E-state index contributed by atoms with van der Waals surface area (Å²) in [5.74, 6) is 0.592. The Balaban J connectivity index is 0.00000364.